The summed E-state index contributed by atoms with van der Waals surface area (Å²) in [6, 6.07) is 17.5. The van der Waals surface area contributed by atoms with E-state index in [1.165, 1.54) is 33.4 Å². The van der Waals surface area contributed by atoms with Gasteiger partial charge in [0.05, 0.1) is 0 Å². The third-order valence-electron chi connectivity index (χ3n) is 4.90. The van der Waals surface area contributed by atoms with E-state index in [9.17, 15) is 0 Å². The highest BCUT2D eigenvalue weighted by atomic mass is 14.3. The molecule has 1 aliphatic carbocycles. The van der Waals surface area contributed by atoms with Gasteiger partial charge in [-0.2, -0.15) is 0 Å². The Bertz CT molecular complexity index is 719. The predicted octanol–water partition coefficient (Wildman–Crippen LogP) is 6.15. The summed E-state index contributed by atoms with van der Waals surface area (Å²) in [6.07, 6.45) is 3.57. The molecule has 112 valence electrons. The molecule has 0 nitrogen and oxygen atoms in total. The first-order valence-corrected chi connectivity index (χ1v) is 8.09. The van der Waals surface area contributed by atoms with Crippen molar-refractivity contribution < 1.29 is 0 Å². The van der Waals surface area contributed by atoms with E-state index in [1.807, 2.05) is 0 Å². The van der Waals surface area contributed by atoms with Gasteiger partial charge in [0.25, 0.3) is 0 Å². The number of rotatable bonds is 3. The molecule has 2 atom stereocenters. The molecule has 2 aromatic carbocycles. The Kier molecular flexibility index (Phi) is 4.02. The SMILES string of the molecule is C=C(C)C(C)=CC1c2cccc(-c3ccccc3)c2CC1C. The molecule has 0 aromatic heterocycles. The summed E-state index contributed by atoms with van der Waals surface area (Å²) in [5, 5.41) is 0. The van der Waals surface area contributed by atoms with Gasteiger partial charge in [-0.1, -0.05) is 79.3 Å². The number of hydrogen-bond donors (Lipinski definition) is 0. The van der Waals surface area contributed by atoms with Crippen molar-refractivity contribution in [2.45, 2.75) is 33.1 Å². The molecule has 22 heavy (non-hydrogen) atoms. The summed E-state index contributed by atoms with van der Waals surface area (Å²) in [4.78, 5) is 0. The van der Waals surface area contributed by atoms with Gasteiger partial charge in [-0.05, 0) is 48.4 Å². The van der Waals surface area contributed by atoms with Crippen LogP contribution in [0.2, 0.25) is 0 Å². The molecule has 0 fully saturated rings. The van der Waals surface area contributed by atoms with Crippen LogP contribution in [0.1, 0.15) is 37.8 Å². The monoisotopic (exact) mass is 288 g/mol. The zero-order valence-electron chi connectivity index (χ0n) is 13.8. The third-order valence-corrected chi connectivity index (χ3v) is 4.90. The Morgan fingerprint density at radius 1 is 1.05 bits per heavy atom. The second-order valence-corrected chi connectivity index (χ2v) is 6.58. The molecule has 0 amide bonds. The minimum Gasteiger partial charge on any atom is -0.0959 e. The lowest BCUT2D eigenvalue weighted by Gasteiger charge is -2.14. The van der Waals surface area contributed by atoms with Gasteiger partial charge in [-0.3, -0.25) is 0 Å². The maximum Gasteiger partial charge on any atom is 0.00555 e. The third kappa shape index (κ3) is 2.66. The number of allylic oxidation sites excluding steroid dienone is 3. The first-order valence-electron chi connectivity index (χ1n) is 8.09. The normalized spacial score (nSPS) is 20.8. The fraction of sp³-hybridized carbons (Fsp3) is 0.273. The van der Waals surface area contributed by atoms with Crippen molar-refractivity contribution >= 4 is 0 Å². The van der Waals surface area contributed by atoms with Crippen molar-refractivity contribution in [2.75, 3.05) is 0 Å². The highest BCUT2D eigenvalue weighted by molar-refractivity contribution is 5.70. The second-order valence-electron chi connectivity index (χ2n) is 6.58. The van der Waals surface area contributed by atoms with Gasteiger partial charge in [0, 0.05) is 5.92 Å². The molecule has 0 saturated heterocycles. The summed E-state index contributed by atoms with van der Waals surface area (Å²) < 4.78 is 0. The van der Waals surface area contributed by atoms with Gasteiger partial charge in [-0.25, -0.2) is 0 Å². The lowest BCUT2D eigenvalue weighted by atomic mass is 9.90. The molecule has 0 spiro atoms. The van der Waals surface area contributed by atoms with E-state index < -0.39 is 0 Å². The molecule has 0 heteroatoms. The smallest absolute Gasteiger partial charge is 0.00555 e. The van der Waals surface area contributed by atoms with E-state index in [1.54, 1.807) is 0 Å². The Labute approximate surface area is 134 Å². The maximum absolute atomic E-state index is 4.07. The van der Waals surface area contributed by atoms with Gasteiger partial charge in [-0.15, -0.1) is 0 Å². The number of fused-ring (bicyclic) bond motifs is 1. The zero-order chi connectivity index (χ0) is 15.7. The molecular weight excluding hydrogens is 264 g/mol. The summed E-state index contributed by atoms with van der Waals surface area (Å²) in [7, 11) is 0. The quantitative estimate of drug-likeness (QED) is 0.594. The predicted molar refractivity (Wildman–Crippen MR) is 96.1 cm³/mol. The van der Waals surface area contributed by atoms with Crippen molar-refractivity contribution in [1.29, 1.82) is 0 Å². The van der Waals surface area contributed by atoms with Crippen molar-refractivity contribution in [2.24, 2.45) is 5.92 Å². The molecule has 0 heterocycles. The minimum atomic E-state index is 0.510. The van der Waals surface area contributed by atoms with Crippen LogP contribution in [0, 0.1) is 5.92 Å². The largest absolute Gasteiger partial charge is 0.0959 e. The zero-order valence-corrected chi connectivity index (χ0v) is 13.8. The first-order chi connectivity index (χ1) is 10.6. The van der Waals surface area contributed by atoms with Crippen molar-refractivity contribution in [3.8, 4) is 11.1 Å². The molecule has 2 aromatic rings. The van der Waals surface area contributed by atoms with E-state index >= 15 is 0 Å². The van der Waals surface area contributed by atoms with Crippen molar-refractivity contribution in [1.82, 2.24) is 0 Å². The van der Waals surface area contributed by atoms with Crippen LogP contribution >= 0.6 is 0 Å². The van der Waals surface area contributed by atoms with E-state index in [-0.39, 0.29) is 0 Å². The van der Waals surface area contributed by atoms with Crippen LogP contribution in [0.25, 0.3) is 11.1 Å². The highest BCUT2D eigenvalue weighted by Gasteiger charge is 2.29. The number of benzene rings is 2. The second kappa shape index (κ2) is 5.96. The van der Waals surface area contributed by atoms with Gasteiger partial charge in [0.15, 0.2) is 0 Å². The summed E-state index contributed by atoms with van der Waals surface area (Å²) in [5.41, 5.74) is 8.22. The fourth-order valence-corrected chi connectivity index (χ4v) is 3.45. The molecule has 1 aliphatic rings. The molecule has 0 bridgehead atoms. The Morgan fingerprint density at radius 2 is 1.77 bits per heavy atom. The molecule has 0 saturated carbocycles. The van der Waals surface area contributed by atoms with Gasteiger partial charge in [0.2, 0.25) is 0 Å². The van der Waals surface area contributed by atoms with Gasteiger partial charge < -0.3 is 0 Å². The summed E-state index contributed by atoms with van der Waals surface area (Å²) in [6.45, 7) is 10.7. The van der Waals surface area contributed by atoms with E-state index in [0.29, 0.717) is 11.8 Å². The van der Waals surface area contributed by atoms with Crippen molar-refractivity contribution in [3.05, 3.63) is 83.5 Å². The Hall–Kier alpha value is -2.08. The minimum absolute atomic E-state index is 0.510. The van der Waals surface area contributed by atoms with Gasteiger partial charge in [0.1, 0.15) is 0 Å². The molecule has 0 radical (unpaired) electrons. The fourth-order valence-electron chi connectivity index (χ4n) is 3.45. The maximum atomic E-state index is 4.07. The Morgan fingerprint density at radius 3 is 2.45 bits per heavy atom. The molecule has 0 aliphatic heterocycles. The molecule has 3 rings (SSSR count). The summed E-state index contributed by atoms with van der Waals surface area (Å²) >= 11 is 0. The van der Waals surface area contributed by atoms with E-state index in [0.717, 1.165) is 6.42 Å². The summed E-state index contributed by atoms with van der Waals surface area (Å²) in [5.74, 6) is 1.16. The molecular formula is C22H24. The van der Waals surface area contributed by atoms with Crippen LogP contribution < -0.4 is 0 Å². The standard InChI is InChI=1S/C22H24/c1-15(2)16(3)13-21-17(4)14-22-19(11-8-12-20(21)22)18-9-6-5-7-10-18/h5-13,17,21H,1,14H2,2-4H3. The van der Waals surface area contributed by atoms with E-state index in [4.69, 9.17) is 0 Å². The van der Waals surface area contributed by atoms with Crippen LogP contribution in [0.4, 0.5) is 0 Å². The van der Waals surface area contributed by atoms with Crippen LogP contribution in [0.15, 0.2) is 72.3 Å². The van der Waals surface area contributed by atoms with Crippen molar-refractivity contribution in [3.63, 3.8) is 0 Å². The molecule has 0 N–H and O–H groups in total. The first kappa shape index (κ1) is 14.8. The molecule has 2 unspecified atom stereocenters. The Balaban J connectivity index is 2.07. The number of hydrogen-bond acceptors (Lipinski definition) is 0. The average Bonchev–Trinajstić information content (AvgIpc) is 2.84. The lowest BCUT2D eigenvalue weighted by molar-refractivity contribution is 0.568. The average molecular weight is 288 g/mol. The van der Waals surface area contributed by atoms with Crippen LogP contribution in [0.5, 0.6) is 0 Å². The van der Waals surface area contributed by atoms with Crippen LogP contribution in [-0.2, 0) is 6.42 Å². The lowest BCUT2D eigenvalue weighted by Crippen LogP contribution is -2.01. The van der Waals surface area contributed by atoms with Crippen LogP contribution in [0.3, 0.4) is 0 Å². The van der Waals surface area contributed by atoms with Gasteiger partial charge >= 0.3 is 0 Å². The highest BCUT2D eigenvalue weighted by Crippen LogP contribution is 2.43. The topological polar surface area (TPSA) is 0 Å². The van der Waals surface area contributed by atoms with Crippen LogP contribution in [-0.4, -0.2) is 0 Å². The van der Waals surface area contributed by atoms with E-state index in [2.05, 4.69) is 82.0 Å².